The van der Waals surface area contributed by atoms with Gasteiger partial charge in [0.2, 0.25) is 5.91 Å². The Bertz CT molecular complexity index is 787. The molecular weight excluding hydrogens is 328 g/mol. The molecule has 0 saturated carbocycles. The molecule has 1 aromatic heterocycles. The molecule has 6 heteroatoms. The molecule has 0 unspecified atom stereocenters. The third-order valence-electron chi connectivity index (χ3n) is 5.53. The van der Waals surface area contributed by atoms with Crippen LogP contribution in [-0.4, -0.2) is 45.3 Å². The second-order valence-electron chi connectivity index (χ2n) is 7.24. The first kappa shape index (κ1) is 17.2. The molecule has 26 heavy (non-hydrogen) atoms. The average Bonchev–Trinajstić information content (AvgIpc) is 3.22. The van der Waals surface area contributed by atoms with E-state index in [-0.39, 0.29) is 12.5 Å². The fourth-order valence-corrected chi connectivity index (χ4v) is 4.29. The fourth-order valence-electron chi connectivity index (χ4n) is 4.29. The lowest BCUT2D eigenvalue weighted by Crippen LogP contribution is -2.36. The van der Waals surface area contributed by atoms with Crippen molar-refractivity contribution in [2.45, 2.75) is 39.5 Å². The first-order valence-corrected chi connectivity index (χ1v) is 9.45. The lowest BCUT2D eigenvalue weighted by atomic mass is 10.0. The van der Waals surface area contributed by atoms with E-state index in [4.69, 9.17) is 0 Å². The molecule has 2 aromatic rings. The number of nitrogens with zero attached hydrogens (tertiary/aromatic N) is 4. The molecule has 1 N–H and O–H groups in total. The topological polar surface area (TPSA) is 61.6 Å². The van der Waals surface area contributed by atoms with Crippen LogP contribution in [0, 0.1) is 5.92 Å². The maximum atomic E-state index is 12.4. The zero-order chi connectivity index (χ0) is 18.1. The van der Waals surface area contributed by atoms with Crippen molar-refractivity contribution < 1.29 is 9.90 Å². The molecular formula is C20H26N4O2. The van der Waals surface area contributed by atoms with Crippen LogP contribution in [0.5, 0.6) is 0 Å². The van der Waals surface area contributed by atoms with E-state index < -0.39 is 0 Å². The minimum absolute atomic E-state index is 0.00707. The van der Waals surface area contributed by atoms with E-state index in [9.17, 15) is 9.90 Å². The molecule has 4 rings (SSSR count). The summed E-state index contributed by atoms with van der Waals surface area (Å²) >= 11 is 0. The van der Waals surface area contributed by atoms with E-state index in [1.165, 1.54) is 11.3 Å². The van der Waals surface area contributed by atoms with Gasteiger partial charge in [-0.25, -0.2) is 0 Å². The average molecular weight is 354 g/mol. The number of anilines is 1. The van der Waals surface area contributed by atoms with Gasteiger partial charge in [-0.1, -0.05) is 18.2 Å². The Morgan fingerprint density at radius 2 is 2.08 bits per heavy atom. The van der Waals surface area contributed by atoms with Crippen LogP contribution in [0.4, 0.5) is 5.69 Å². The first-order chi connectivity index (χ1) is 12.7. The highest BCUT2D eigenvalue weighted by molar-refractivity contribution is 5.95. The molecule has 2 aliphatic rings. The van der Waals surface area contributed by atoms with Crippen LogP contribution in [0.25, 0.3) is 0 Å². The van der Waals surface area contributed by atoms with Crippen LogP contribution in [0.1, 0.15) is 30.3 Å². The largest absolute Gasteiger partial charge is 0.390 e. The molecule has 0 aliphatic carbocycles. The molecule has 1 atom stereocenters. The smallest absolute Gasteiger partial charge is 0.227 e. The van der Waals surface area contributed by atoms with Gasteiger partial charge in [-0.2, -0.15) is 5.10 Å². The minimum atomic E-state index is -0.00707. The van der Waals surface area contributed by atoms with Gasteiger partial charge in [0.05, 0.1) is 12.3 Å². The molecule has 6 nitrogen and oxygen atoms in total. The van der Waals surface area contributed by atoms with Crippen molar-refractivity contribution in [3.05, 3.63) is 47.3 Å². The van der Waals surface area contributed by atoms with E-state index in [2.05, 4.69) is 16.9 Å². The van der Waals surface area contributed by atoms with Crippen molar-refractivity contribution in [1.29, 1.82) is 0 Å². The van der Waals surface area contributed by atoms with Crippen molar-refractivity contribution in [3.8, 4) is 0 Å². The Balaban J connectivity index is 1.43. The fraction of sp³-hybridized carbons (Fsp3) is 0.500. The normalized spacial score (nSPS) is 20.6. The third kappa shape index (κ3) is 3.15. The lowest BCUT2D eigenvalue weighted by Gasteiger charge is -2.29. The van der Waals surface area contributed by atoms with Crippen LogP contribution in [-0.2, 0) is 30.9 Å². The first-order valence-electron chi connectivity index (χ1n) is 9.45. The van der Waals surface area contributed by atoms with Crippen molar-refractivity contribution in [3.63, 3.8) is 0 Å². The Hall–Kier alpha value is -2.18. The van der Waals surface area contributed by atoms with Gasteiger partial charge in [-0.05, 0) is 25.0 Å². The second kappa shape index (κ2) is 7.21. The van der Waals surface area contributed by atoms with Gasteiger partial charge in [0.25, 0.3) is 0 Å². The maximum absolute atomic E-state index is 12.4. The van der Waals surface area contributed by atoms with E-state index in [0.29, 0.717) is 12.3 Å². The van der Waals surface area contributed by atoms with Crippen LogP contribution in [0.3, 0.4) is 0 Å². The lowest BCUT2D eigenvalue weighted by molar-refractivity contribution is -0.117. The minimum Gasteiger partial charge on any atom is -0.390 e. The molecule has 3 heterocycles. The predicted octanol–water partition coefficient (Wildman–Crippen LogP) is 1.81. The van der Waals surface area contributed by atoms with Gasteiger partial charge in [-0.3, -0.25) is 14.4 Å². The van der Waals surface area contributed by atoms with Gasteiger partial charge in [-0.15, -0.1) is 0 Å². The summed E-state index contributed by atoms with van der Waals surface area (Å²) in [5.41, 5.74) is 4.25. The number of aliphatic hydroxyl groups excluding tert-OH is 1. The Morgan fingerprint density at radius 3 is 2.81 bits per heavy atom. The number of carbonyl (C=O) groups excluding carboxylic acids is 1. The number of carbonyl (C=O) groups is 1. The highest BCUT2D eigenvalue weighted by atomic mass is 16.3. The molecule has 0 radical (unpaired) electrons. The zero-order valence-electron chi connectivity index (χ0n) is 15.3. The summed E-state index contributed by atoms with van der Waals surface area (Å²) in [7, 11) is 0. The van der Waals surface area contributed by atoms with Crippen molar-refractivity contribution >= 4 is 11.6 Å². The van der Waals surface area contributed by atoms with Gasteiger partial charge in [0, 0.05) is 62.5 Å². The van der Waals surface area contributed by atoms with Crippen molar-refractivity contribution in [2.75, 3.05) is 24.5 Å². The number of aliphatic hydroxyl groups is 1. The quantitative estimate of drug-likeness (QED) is 0.890. The molecule has 1 amide bonds. The van der Waals surface area contributed by atoms with Gasteiger partial charge in [0.15, 0.2) is 0 Å². The van der Waals surface area contributed by atoms with Gasteiger partial charge >= 0.3 is 0 Å². The standard InChI is InChI=1S/C20H26N4O2/c1-2-24-19-8-9-22(13-17(19)18(14-25)21-24)11-15-10-20(26)23(12-15)16-6-4-3-5-7-16/h3-7,15,25H,2,8-14H2,1H3/t15-/m0/s1. The number of aryl methyl sites for hydroxylation is 1. The van der Waals surface area contributed by atoms with Crippen molar-refractivity contribution in [2.24, 2.45) is 5.92 Å². The number of aromatic nitrogens is 2. The summed E-state index contributed by atoms with van der Waals surface area (Å²) in [5, 5.41) is 14.2. The SMILES string of the molecule is CCn1nc(CO)c2c1CCN(C[C@@H]1CC(=O)N(c3ccccc3)C1)C2. The number of rotatable bonds is 5. The summed E-state index contributed by atoms with van der Waals surface area (Å²) < 4.78 is 2.02. The van der Waals surface area contributed by atoms with E-state index in [1.807, 2.05) is 39.9 Å². The van der Waals surface area contributed by atoms with Gasteiger partial charge in [0.1, 0.15) is 0 Å². The Morgan fingerprint density at radius 1 is 1.27 bits per heavy atom. The van der Waals surface area contributed by atoms with E-state index >= 15 is 0 Å². The molecule has 1 saturated heterocycles. The van der Waals surface area contributed by atoms with E-state index in [0.717, 1.165) is 50.5 Å². The van der Waals surface area contributed by atoms with Crippen molar-refractivity contribution in [1.82, 2.24) is 14.7 Å². The summed E-state index contributed by atoms with van der Waals surface area (Å²) in [5.74, 6) is 0.566. The second-order valence-corrected chi connectivity index (χ2v) is 7.24. The summed E-state index contributed by atoms with van der Waals surface area (Å²) in [6, 6.07) is 9.93. The molecule has 138 valence electrons. The summed E-state index contributed by atoms with van der Waals surface area (Å²) in [6.45, 7) is 6.42. The molecule has 1 aromatic carbocycles. The van der Waals surface area contributed by atoms with E-state index in [1.54, 1.807) is 0 Å². The number of para-hydroxylation sites is 1. The zero-order valence-corrected chi connectivity index (χ0v) is 15.3. The summed E-state index contributed by atoms with van der Waals surface area (Å²) in [6.07, 6.45) is 1.57. The number of amides is 1. The van der Waals surface area contributed by atoms with Crippen LogP contribution in [0.15, 0.2) is 30.3 Å². The maximum Gasteiger partial charge on any atom is 0.227 e. The van der Waals surface area contributed by atoms with Gasteiger partial charge < -0.3 is 10.0 Å². The highest BCUT2D eigenvalue weighted by Crippen LogP contribution is 2.28. The predicted molar refractivity (Wildman–Crippen MR) is 99.7 cm³/mol. The highest BCUT2D eigenvalue weighted by Gasteiger charge is 2.33. The Kier molecular flexibility index (Phi) is 4.78. The van der Waals surface area contributed by atoms with Crippen LogP contribution >= 0.6 is 0 Å². The molecule has 0 bridgehead atoms. The summed E-state index contributed by atoms with van der Waals surface area (Å²) in [4.78, 5) is 16.8. The molecule has 1 fully saturated rings. The number of fused-ring (bicyclic) bond motifs is 1. The third-order valence-corrected chi connectivity index (χ3v) is 5.53. The number of hydrogen-bond donors (Lipinski definition) is 1. The number of benzene rings is 1. The Labute approximate surface area is 154 Å². The van der Waals surface area contributed by atoms with Crippen LogP contribution < -0.4 is 4.90 Å². The monoisotopic (exact) mass is 354 g/mol. The van der Waals surface area contributed by atoms with Crippen LogP contribution in [0.2, 0.25) is 0 Å². The molecule has 0 spiro atoms. The molecule has 2 aliphatic heterocycles. The number of hydrogen-bond acceptors (Lipinski definition) is 4.